The third-order valence-electron chi connectivity index (χ3n) is 4.91. The van der Waals surface area contributed by atoms with E-state index < -0.39 is 0 Å². The molecule has 0 radical (unpaired) electrons. The van der Waals surface area contributed by atoms with Crippen LogP contribution in [0.25, 0.3) is 0 Å². The Labute approximate surface area is 133 Å². The molecule has 0 amide bonds. The molecule has 1 N–H and O–H groups in total. The fraction of sp³-hybridized carbons (Fsp3) is 1.00. The zero-order chi connectivity index (χ0) is 15.5. The van der Waals surface area contributed by atoms with Crippen molar-refractivity contribution < 1.29 is 0 Å². The molecule has 0 spiro atoms. The monoisotopic (exact) mass is 297 g/mol. The van der Waals surface area contributed by atoms with Crippen LogP contribution in [0.3, 0.4) is 0 Å². The van der Waals surface area contributed by atoms with Crippen LogP contribution in [0.4, 0.5) is 0 Å². The average Bonchev–Trinajstić information content (AvgIpc) is 2.63. The van der Waals surface area contributed by atoms with Crippen molar-refractivity contribution in [3.05, 3.63) is 0 Å². The van der Waals surface area contributed by atoms with Crippen LogP contribution in [0.15, 0.2) is 0 Å². The second kappa shape index (κ2) is 11.4. The first-order valence-corrected chi connectivity index (χ1v) is 9.31. The number of hydrogen-bond donors (Lipinski definition) is 1. The molecule has 3 nitrogen and oxygen atoms in total. The Morgan fingerprint density at radius 2 is 1.71 bits per heavy atom. The summed E-state index contributed by atoms with van der Waals surface area (Å²) in [6.45, 7) is 9.33. The molecule has 1 fully saturated rings. The minimum absolute atomic E-state index is 0.659. The van der Waals surface area contributed by atoms with Gasteiger partial charge in [0.05, 0.1) is 0 Å². The maximum absolute atomic E-state index is 3.76. The van der Waals surface area contributed by atoms with Crippen LogP contribution in [0.2, 0.25) is 0 Å². The summed E-state index contributed by atoms with van der Waals surface area (Å²) in [5.74, 6) is 0. The Hall–Kier alpha value is -0.120. The van der Waals surface area contributed by atoms with Gasteiger partial charge in [0.15, 0.2) is 0 Å². The molecule has 2 unspecified atom stereocenters. The zero-order valence-electron chi connectivity index (χ0n) is 15.0. The van der Waals surface area contributed by atoms with Gasteiger partial charge in [0, 0.05) is 18.6 Å². The molecule has 1 aliphatic heterocycles. The van der Waals surface area contributed by atoms with E-state index in [0.717, 1.165) is 6.54 Å². The van der Waals surface area contributed by atoms with Crippen LogP contribution in [0.1, 0.15) is 65.2 Å². The van der Waals surface area contributed by atoms with E-state index in [-0.39, 0.29) is 0 Å². The lowest BCUT2D eigenvalue weighted by molar-refractivity contribution is 0.171. The van der Waals surface area contributed by atoms with E-state index in [1.165, 1.54) is 71.0 Å². The van der Waals surface area contributed by atoms with Crippen molar-refractivity contribution in [2.45, 2.75) is 77.3 Å². The van der Waals surface area contributed by atoms with E-state index in [2.05, 4.69) is 43.1 Å². The minimum Gasteiger partial charge on any atom is -0.313 e. The van der Waals surface area contributed by atoms with Crippen molar-refractivity contribution in [2.75, 3.05) is 40.3 Å². The normalized spacial score (nSPS) is 23.1. The number of nitrogens with one attached hydrogen (secondary N) is 1. The van der Waals surface area contributed by atoms with Gasteiger partial charge in [-0.1, -0.05) is 52.4 Å². The van der Waals surface area contributed by atoms with E-state index in [1.54, 1.807) is 0 Å². The van der Waals surface area contributed by atoms with Gasteiger partial charge in [0.2, 0.25) is 0 Å². The molecule has 2 atom stereocenters. The van der Waals surface area contributed by atoms with Gasteiger partial charge in [-0.05, 0) is 46.6 Å². The SMILES string of the molecule is CCCCCCCCC(NCC)C1CN(C)CCCN1C. The van der Waals surface area contributed by atoms with Crippen LogP contribution in [-0.2, 0) is 0 Å². The Kier molecular flexibility index (Phi) is 10.3. The van der Waals surface area contributed by atoms with Crippen molar-refractivity contribution in [3.63, 3.8) is 0 Å². The van der Waals surface area contributed by atoms with Gasteiger partial charge >= 0.3 is 0 Å². The summed E-state index contributed by atoms with van der Waals surface area (Å²) in [7, 11) is 4.59. The Bertz CT molecular complexity index is 245. The van der Waals surface area contributed by atoms with Crippen LogP contribution in [0.5, 0.6) is 0 Å². The molecule has 0 aromatic carbocycles. The van der Waals surface area contributed by atoms with Crippen LogP contribution in [0, 0.1) is 0 Å². The standard InChI is InChI=1S/C18H39N3/c1-5-7-8-9-10-11-13-17(19-6-2)18-16-20(3)14-12-15-21(18)4/h17-19H,5-16H2,1-4H3. The number of rotatable bonds is 10. The van der Waals surface area contributed by atoms with E-state index in [0.29, 0.717) is 12.1 Å². The maximum atomic E-state index is 3.76. The van der Waals surface area contributed by atoms with Crippen LogP contribution in [-0.4, -0.2) is 62.2 Å². The van der Waals surface area contributed by atoms with E-state index in [1.807, 2.05) is 0 Å². The van der Waals surface area contributed by atoms with Gasteiger partial charge in [0.25, 0.3) is 0 Å². The predicted octanol–water partition coefficient (Wildman–Crippen LogP) is 3.35. The van der Waals surface area contributed by atoms with Gasteiger partial charge in [0.1, 0.15) is 0 Å². The Balaban J connectivity index is 2.38. The largest absolute Gasteiger partial charge is 0.313 e. The summed E-state index contributed by atoms with van der Waals surface area (Å²) in [5.41, 5.74) is 0. The lowest BCUT2D eigenvalue weighted by atomic mass is 9.98. The van der Waals surface area contributed by atoms with Crippen molar-refractivity contribution in [3.8, 4) is 0 Å². The highest BCUT2D eigenvalue weighted by Crippen LogP contribution is 2.16. The number of likely N-dealkylation sites (N-methyl/N-ethyl adjacent to an activating group) is 3. The first-order chi connectivity index (χ1) is 10.2. The van der Waals surface area contributed by atoms with Gasteiger partial charge in [-0.15, -0.1) is 0 Å². The molecule has 0 aromatic heterocycles. The second-order valence-electron chi connectivity index (χ2n) is 6.88. The third kappa shape index (κ3) is 7.62. The van der Waals surface area contributed by atoms with Gasteiger partial charge in [-0.25, -0.2) is 0 Å². The number of unbranched alkanes of at least 4 members (excludes halogenated alkanes) is 5. The lowest BCUT2D eigenvalue weighted by Gasteiger charge is -2.35. The zero-order valence-corrected chi connectivity index (χ0v) is 15.0. The summed E-state index contributed by atoms with van der Waals surface area (Å²) in [5, 5.41) is 3.76. The molecule has 126 valence electrons. The first-order valence-electron chi connectivity index (χ1n) is 9.31. The van der Waals surface area contributed by atoms with Crippen molar-refractivity contribution >= 4 is 0 Å². The molecule has 0 aromatic rings. The van der Waals surface area contributed by atoms with Gasteiger partial charge < -0.3 is 15.1 Å². The molecule has 1 rings (SSSR count). The molecule has 3 heteroatoms. The third-order valence-corrected chi connectivity index (χ3v) is 4.91. The first kappa shape index (κ1) is 18.9. The highest BCUT2D eigenvalue weighted by molar-refractivity contribution is 4.87. The summed E-state index contributed by atoms with van der Waals surface area (Å²) >= 11 is 0. The smallest absolute Gasteiger partial charge is 0.0373 e. The number of nitrogens with zero attached hydrogens (tertiary/aromatic N) is 2. The molecule has 21 heavy (non-hydrogen) atoms. The summed E-state index contributed by atoms with van der Waals surface area (Å²) in [6, 6.07) is 1.33. The summed E-state index contributed by atoms with van der Waals surface area (Å²) in [4.78, 5) is 5.10. The average molecular weight is 298 g/mol. The summed E-state index contributed by atoms with van der Waals surface area (Å²) < 4.78 is 0. The van der Waals surface area contributed by atoms with E-state index in [4.69, 9.17) is 0 Å². The fourth-order valence-electron chi connectivity index (χ4n) is 3.58. The molecule has 1 saturated heterocycles. The highest BCUT2D eigenvalue weighted by Gasteiger charge is 2.27. The maximum Gasteiger partial charge on any atom is 0.0373 e. The van der Waals surface area contributed by atoms with Crippen molar-refractivity contribution in [1.29, 1.82) is 0 Å². The van der Waals surface area contributed by atoms with Crippen LogP contribution >= 0.6 is 0 Å². The Morgan fingerprint density at radius 3 is 2.43 bits per heavy atom. The second-order valence-corrected chi connectivity index (χ2v) is 6.88. The molecular weight excluding hydrogens is 258 g/mol. The van der Waals surface area contributed by atoms with E-state index >= 15 is 0 Å². The number of hydrogen-bond acceptors (Lipinski definition) is 3. The predicted molar refractivity (Wildman–Crippen MR) is 94.0 cm³/mol. The topological polar surface area (TPSA) is 18.5 Å². The molecule has 0 bridgehead atoms. The quantitative estimate of drug-likeness (QED) is 0.624. The fourth-order valence-corrected chi connectivity index (χ4v) is 3.58. The lowest BCUT2D eigenvalue weighted by Crippen LogP contribution is -2.52. The van der Waals surface area contributed by atoms with Crippen molar-refractivity contribution in [1.82, 2.24) is 15.1 Å². The molecule has 1 heterocycles. The Morgan fingerprint density at radius 1 is 1.00 bits per heavy atom. The van der Waals surface area contributed by atoms with Gasteiger partial charge in [-0.2, -0.15) is 0 Å². The van der Waals surface area contributed by atoms with Crippen LogP contribution < -0.4 is 5.32 Å². The van der Waals surface area contributed by atoms with Gasteiger partial charge in [-0.3, -0.25) is 0 Å². The molecular formula is C18H39N3. The molecule has 0 saturated carbocycles. The summed E-state index contributed by atoms with van der Waals surface area (Å²) in [6.07, 6.45) is 11.0. The minimum atomic E-state index is 0.659. The van der Waals surface area contributed by atoms with Crippen molar-refractivity contribution in [2.24, 2.45) is 0 Å². The highest BCUT2D eigenvalue weighted by atomic mass is 15.2. The molecule has 0 aliphatic carbocycles. The van der Waals surface area contributed by atoms with E-state index in [9.17, 15) is 0 Å². The molecule has 1 aliphatic rings.